The van der Waals surface area contributed by atoms with E-state index in [1.54, 1.807) is 12.1 Å². The third-order valence-corrected chi connectivity index (χ3v) is 2.91. The van der Waals surface area contributed by atoms with E-state index >= 15 is 0 Å². The molecule has 0 aliphatic carbocycles. The molecule has 0 unspecified atom stereocenters. The molecule has 0 saturated heterocycles. The summed E-state index contributed by atoms with van der Waals surface area (Å²) in [5.41, 5.74) is -0.0520. The van der Waals surface area contributed by atoms with Gasteiger partial charge in [-0.15, -0.1) is 0 Å². The third-order valence-electron chi connectivity index (χ3n) is 2.91. The van der Waals surface area contributed by atoms with E-state index in [2.05, 4.69) is 0 Å². The number of aromatic carboxylic acids is 1. The summed E-state index contributed by atoms with van der Waals surface area (Å²) >= 11 is 0. The molecule has 0 radical (unpaired) electrons. The maximum atomic E-state index is 12.8. The highest BCUT2D eigenvalue weighted by atomic mass is 19.1. The number of carbonyl (C=O) groups is 1. The summed E-state index contributed by atoms with van der Waals surface area (Å²) in [6.07, 6.45) is 0.293. The van der Waals surface area contributed by atoms with Crippen molar-refractivity contribution in [3.8, 4) is 0 Å². The van der Waals surface area contributed by atoms with Gasteiger partial charge in [-0.05, 0) is 37.6 Å². The Hall–Kier alpha value is -2.14. The second kappa shape index (κ2) is 5.09. The van der Waals surface area contributed by atoms with Gasteiger partial charge in [0.25, 0.3) is 0 Å². The Morgan fingerprint density at radius 3 is 2.40 bits per heavy atom. The van der Waals surface area contributed by atoms with Crippen LogP contribution >= 0.6 is 0 Å². The third kappa shape index (κ3) is 3.05. The maximum absolute atomic E-state index is 12.8. The summed E-state index contributed by atoms with van der Waals surface area (Å²) < 4.78 is 18.1. The predicted octanol–water partition coefficient (Wildman–Crippen LogP) is 2.94. The molecule has 4 nitrogen and oxygen atoms in total. The Labute approximate surface area is 115 Å². The molecule has 0 atom stereocenters. The molecule has 1 aromatic heterocycles. The van der Waals surface area contributed by atoms with Gasteiger partial charge in [0.2, 0.25) is 5.76 Å². The largest absolute Gasteiger partial charge is 0.475 e. The standard InChI is InChI=1S/C15H15FO4/c1-15(2,19)12-8-10(13(20-12)14(17)18)7-9-3-5-11(16)6-4-9/h3-6,8,19H,7H2,1-2H3,(H,17,18). The van der Waals surface area contributed by atoms with Crippen LogP contribution in [0.4, 0.5) is 4.39 Å². The molecule has 0 bridgehead atoms. The normalized spacial score (nSPS) is 11.6. The van der Waals surface area contributed by atoms with Crippen LogP contribution in [-0.4, -0.2) is 16.2 Å². The lowest BCUT2D eigenvalue weighted by Gasteiger charge is -2.12. The van der Waals surface area contributed by atoms with Gasteiger partial charge in [0.1, 0.15) is 17.2 Å². The first-order valence-corrected chi connectivity index (χ1v) is 6.10. The van der Waals surface area contributed by atoms with E-state index in [0.29, 0.717) is 12.0 Å². The van der Waals surface area contributed by atoms with Crippen molar-refractivity contribution in [3.63, 3.8) is 0 Å². The molecule has 2 N–H and O–H groups in total. The van der Waals surface area contributed by atoms with Crippen LogP contribution in [-0.2, 0) is 12.0 Å². The Bertz CT molecular complexity index is 620. The van der Waals surface area contributed by atoms with E-state index < -0.39 is 11.6 Å². The topological polar surface area (TPSA) is 70.7 Å². The summed E-state index contributed by atoms with van der Waals surface area (Å²) in [5, 5.41) is 19.0. The summed E-state index contributed by atoms with van der Waals surface area (Å²) in [6.45, 7) is 3.03. The zero-order valence-electron chi connectivity index (χ0n) is 11.2. The SMILES string of the molecule is CC(C)(O)c1cc(Cc2ccc(F)cc2)c(C(=O)O)o1. The molecule has 1 heterocycles. The average Bonchev–Trinajstić information content (AvgIpc) is 2.76. The molecule has 5 heteroatoms. The Morgan fingerprint density at radius 1 is 1.30 bits per heavy atom. The molecule has 1 aromatic carbocycles. The van der Waals surface area contributed by atoms with Crippen LogP contribution in [0.25, 0.3) is 0 Å². The van der Waals surface area contributed by atoms with Gasteiger partial charge in [-0.2, -0.15) is 0 Å². The number of halogens is 1. The number of aliphatic hydroxyl groups is 1. The fourth-order valence-electron chi connectivity index (χ4n) is 1.86. The van der Waals surface area contributed by atoms with E-state index in [4.69, 9.17) is 9.52 Å². The number of rotatable bonds is 4. The lowest BCUT2D eigenvalue weighted by Crippen LogP contribution is -2.14. The first-order valence-electron chi connectivity index (χ1n) is 6.10. The highest BCUT2D eigenvalue weighted by molar-refractivity contribution is 5.86. The Morgan fingerprint density at radius 2 is 1.90 bits per heavy atom. The van der Waals surface area contributed by atoms with Crippen molar-refractivity contribution >= 4 is 5.97 Å². The molecule has 0 spiro atoms. The van der Waals surface area contributed by atoms with Crippen LogP contribution in [0, 0.1) is 5.82 Å². The lowest BCUT2D eigenvalue weighted by molar-refractivity contribution is 0.0486. The number of carboxylic acids is 1. The molecule has 0 saturated carbocycles. The van der Waals surface area contributed by atoms with Crippen molar-refractivity contribution < 1.29 is 23.8 Å². The van der Waals surface area contributed by atoms with Crippen LogP contribution in [0.3, 0.4) is 0 Å². The molecule has 106 valence electrons. The summed E-state index contributed by atoms with van der Waals surface area (Å²) in [6, 6.07) is 7.31. The van der Waals surface area contributed by atoms with Gasteiger partial charge >= 0.3 is 5.97 Å². The molecule has 0 aliphatic heterocycles. The van der Waals surface area contributed by atoms with Crippen LogP contribution in [0.1, 0.15) is 41.3 Å². The van der Waals surface area contributed by atoms with Gasteiger partial charge in [-0.1, -0.05) is 12.1 Å². The number of hydrogen-bond donors (Lipinski definition) is 2. The predicted molar refractivity (Wildman–Crippen MR) is 70.1 cm³/mol. The maximum Gasteiger partial charge on any atom is 0.372 e. The highest BCUT2D eigenvalue weighted by Gasteiger charge is 2.26. The summed E-state index contributed by atoms with van der Waals surface area (Å²) in [7, 11) is 0. The van der Waals surface area contributed by atoms with E-state index in [-0.39, 0.29) is 17.3 Å². The zero-order chi connectivity index (χ0) is 14.9. The number of carboxylic acid groups (broad SMARTS) is 1. The molecule has 0 amide bonds. The summed E-state index contributed by atoms with van der Waals surface area (Å²) in [4.78, 5) is 11.2. The van der Waals surface area contributed by atoms with Gasteiger partial charge < -0.3 is 14.6 Å². The molecule has 2 aromatic rings. The Balaban J connectivity index is 2.37. The minimum atomic E-state index is -1.26. The van der Waals surface area contributed by atoms with Crippen molar-refractivity contribution in [3.05, 3.63) is 58.8 Å². The van der Waals surface area contributed by atoms with E-state index in [1.165, 1.54) is 32.0 Å². The van der Waals surface area contributed by atoms with Crippen LogP contribution < -0.4 is 0 Å². The van der Waals surface area contributed by atoms with Gasteiger partial charge in [-0.3, -0.25) is 0 Å². The monoisotopic (exact) mass is 278 g/mol. The second-order valence-corrected chi connectivity index (χ2v) is 5.13. The van der Waals surface area contributed by atoms with Crippen LogP contribution in [0.15, 0.2) is 34.7 Å². The molecule has 2 rings (SSSR count). The smallest absolute Gasteiger partial charge is 0.372 e. The molecule has 20 heavy (non-hydrogen) atoms. The van der Waals surface area contributed by atoms with Gasteiger partial charge in [0.05, 0.1) is 0 Å². The minimum Gasteiger partial charge on any atom is -0.475 e. The van der Waals surface area contributed by atoms with Crippen molar-refractivity contribution in [1.29, 1.82) is 0 Å². The zero-order valence-corrected chi connectivity index (χ0v) is 11.2. The number of hydrogen-bond acceptors (Lipinski definition) is 3. The molecule has 0 fully saturated rings. The fourth-order valence-corrected chi connectivity index (χ4v) is 1.86. The average molecular weight is 278 g/mol. The first-order chi connectivity index (χ1) is 9.27. The fraction of sp³-hybridized carbons (Fsp3) is 0.267. The molecular formula is C15H15FO4. The minimum absolute atomic E-state index is 0.187. The van der Waals surface area contributed by atoms with Gasteiger partial charge in [0, 0.05) is 12.0 Å². The van der Waals surface area contributed by atoms with E-state index in [0.717, 1.165) is 5.56 Å². The van der Waals surface area contributed by atoms with Gasteiger partial charge in [0.15, 0.2) is 0 Å². The summed E-state index contributed by atoms with van der Waals surface area (Å²) in [5.74, 6) is -1.56. The quantitative estimate of drug-likeness (QED) is 0.902. The van der Waals surface area contributed by atoms with Gasteiger partial charge in [-0.25, -0.2) is 9.18 Å². The van der Waals surface area contributed by atoms with E-state index in [1.807, 2.05) is 0 Å². The highest BCUT2D eigenvalue weighted by Crippen LogP contribution is 2.27. The van der Waals surface area contributed by atoms with E-state index in [9.17, 15) is 14.3 Å². The molecule has 0 aliphatic rings. The second-order valence-electron chi connectivity index (χ2n) is 5.13. The number of benzene rings is 1. The first kappa shape index (κ1) is 14.3. The lowest BCUT2D eigenvalue weighted by atomic mass is 10.0. The Kier molecular flexibility index (Phi) is 3.63. The van der Waals surface area contributed by atoms with Crippen molar-refractivity contribution in [2.75, 3.05) is 0 Å². The van der Waals surface area contributed by atoms with Crippen molar-refractivity contribution in [2.24, 2.45) is 0 Å². The van der Waals surface area contributed by atoms with Crippen LogP contribution in [0.5, 0.6) is 0 Å². The molecular weight excluding hydrogens is 263 g/mol. The van der Waals surface area contributed by atoms with Crippen molar-refractivity contribution in [1.82, 2.24) is 0 Å². The van der Waals surface area contributed by atoms with Crippen LogP contribution in [0.2, 0.25) is 0 Å². The number of furan rings is 1. The van der Waals surface area contributed by atoms with Crippen molar-refractivity contribution in [2.45, 2.75) is 25.9 Å².